The SMILES string of the molecule is CC1(C)/C(=C/C=C/C=Nc2ccccc2)N(CCCCCC(=O)O)c2ccc(SOOO)cc21. The monoisotopic (exact) mass is 482 g/mol. The van der Waals surface area contributed by atoms with Crippen molar-refractivity contribution < 1.29 is 24.5 Å². The van der Waals surface area contributed by atoms with E-state index in [1.807, 2.05) is 60.7 Å². The van der Waals surface area contributed by atoms with Crippen molar-refractivity contribution in [2.45, 2.75) is 49.8 Å². The number of aliphatic imine (C=N–C) groups is 1. The van der Waals surface area contributed by atoms with Gasteiger partial charge in [-0.3, -0.25) is 9.79 Å². The molecule has 0 saturated heterocycles. The molecule has 7 nitrogen and oxygen atoms in total. The van der Waals surface area contributed by atoms with E-state index in [0.717, 1.165) is 59.0 Å². The quantitative estimate of drug-likeness (QED) is 0.114. The van der Waals surface area contributed by atoms with Crippen molar-refractivity contribution in [2.75, 3.05) is 11.4 Å². The molecular formula is C26H30N2O5S. The van der Waals surface area contributed by atoms with Crippen molar-refractivity contribution >= 4 is 35.6 Å². The highest BCUT2D eigenvalue weighted by molar-refractivity contribution is 7.94. The Morgan fingerprint density at radius 3 is 2.65 bits per heavy atom. The molecule has 0 atom stereocenters. The molecule has 0 unspecified atom stereocenters. The second-order valence-corrected chi connectivity index (χ2v) is 9.21. The van der Waals surface area contributed by atoms with Gasteiger partial charge in [0.15, 0.2) is 0 Å². The van der Waals surface area contributed by atoms with E-state index in [2.05, 4.69) is 39.2 Å². The molecule has 2 aromatic carbocycles. The van der Waals surface area contributed by atoms with E-state index in [0.29, 0.717) is 6.42 Å². The number of hydrogen-bond donors (Lipinski definition) is 2. The lowest BCUT2D eigenvalue weighted by Gasteiger charge is -2.27. The van der Waals surface area contributed by atoms with E-state index in [9.17, 15) is 4.79 Å². The highest BCUT2D eigenvalue weighted by Gasteiger charge is 2.39. The summed E-state index contributed by atoms with van der Waals surface area (Å²) in [5.41, 5.74) is 4.02. The fourth-order valence-corrected chi connectivity index (χ4v) is 4.46. The van der Waals surface area contributed by atoms with Crippen LogP contribution in [-0.4, -0.2) is 29.1 Å². The Kier molecular flexibility index (Phi) is 9.47. The second kappa shape index (κ2) is 12.5. The molecule has 0 radical (unpaired) electrons. The van der Waals surface area contributed by atoms with Crippen LogP contribution in [0.2, 0.25) is 0 Å². The molecule has 0 amide bonds. The molecule has 3 rings (SSSR count). The van der Waals surface area contributed by atoms with Crippen LogP contribution in [0.4, 0.5) is 11.4 Å². The zero-order chi connectivity index (χ0) is 24.4. The normalized spacial score (nSPS) is 16.1. The molecule has 34 heavy (non-hydrogen) atoms. The van der Waals surface area contributed by atoms with Crippen molar-refractivity contribution in [3.8, 4) is 0 Å². The lowest BCUT2D eigenvalue weighted by Crippen LogP contribution is -2.27. The predicted octanol–water partition coefficient (Wildman–Crippen LogP) is 6.70. The fraction of sp³-hybridized carbons (Fsp3) is 0.308. The number of fused-ring (bicyclic) bond motifs is 1. The first-order valence-corrected chi connectivity index (χ1v) is 11.9. The number of hydrogen-bond acceptors (Lipinski definition) is 7. The maximum absolute atomic E-state index is 10.8. The van der Waals surface area contributed by atoms with Crippen LogP contribution in [-0.2, 0) is 19.6 Å². The number of unbranched alkanes of at least 4 members (excludes halogenated alkanes) is 2. The van der Waals surface area contributed by atoms with Gasteiger partial charge in [-0.05, 0) is 60.9 Å². The molecule has 0 saturated carbocycles. The van der Waals surface area contributed by atoms with Gasteiger partial charge < -0.3 is 10.0 Å². The van der Waals surface area contributed by atoms with Crippen molar-refractivity contribution in [1.82, 2.24) is 0 Å². The third kappa shape index (κ3) is 6.80. The third-order valence-corrected chi connectivity index (χ3v) is 6.30. The standard InChI is InChI=1S/C26H30N2O5S/c1-26(2)22-19-21(34-33-32-31)15-16-23(22)28(18-10-4-7-14-25(29)30)24(26)13-8-9-17-27-20-11-5-3-6-12-20/h3,5-6,8-9,11-13,15-17,19,31H,4,7,10,14,18H2,1-2H3,(H,29,30)/b9-8+,24-13-,27-17?. The number of anilines is 1. The first kappa shape index (κ1) is 25.7. The minimum Gasteiger partial charge on any atom is -0.481 e. The first-order chi connectivity index (χ1) is 16.4. The number of benzene rings is 2. The van der Waals surface area contributed by atoms with Gasteiger partial charge in [-0.1, -0.05) is 49.6 Å². The van der Waals surface area contributed by atoms with E-state index >= 15 is 0 Å². The van der Waals surface area contributed by atoms with Gasteiger partial charge in [-0.25, -0.2) is 5.26 Å². The van der Waals surface area contributed by atoms with Crippen LogP contribution < -0.4 is 4.90 Å². The Labute approximate surface area is 204 Å². The molecule has 8 heteroatoms. The Balaban J connectivity index is 1.81. The fourth-order valence-electron chi connectivity index (χ4n) is 4.06. The number of para-hydroxylation sites is 1. The predicted molar refractivity (Wildman–Crippen MR) is 135 cm³/mol. The van der Waals surface area contributed by atoms with Gasteiger partial charge in [0, 0.05) is 40.9 Å². The Morgan fingerprint density at radius 1 is 1.12 bits per heavy atom. The van der Waals surface area contributed by atoms with Crippen LogP contribution in [0.3, 0.4) is 0 Å². The number of aliphatic carboxylic acids is 1. The summed E-state index contributed by atoms with van der Waals surface area (Å²) >= 11 is 0.942. The minimum atomic E-state index is -0.755. The van der Waals surface area contributed by atoms with Crippen LogP contribution in [0.5, 0.6) is 0 Å². The second-order valence-electron chi connectivity index (χ2n) is 8.44. The van der Waals surface area contributed by atoms with Crippen LogP contribution >= 0.6 is 12.0 Å². The van der Waals surface area contributed by atoms with Gasteiger partial charge in [-0.2, -0.15) is 0 Å². The molecule has 1 heterocycles. The molecule has 0 spiro atoms. The van der Waals surface area contributed by atoms with Crippen LogP contribution in [0.25, 0.3) is 0 Å². The molecule has 1 aliphatic rings. The molecule has 0 bridgehead atoms. The number of carboxylic acid groups (broad SMARTS) is 1. The van der Waals surface area contributed by atoms with Gasteiger partial charge in [0.1, 0.15) is 0 Å². The first-order valence-electron chi connectivity index (χ1n) is 11.2. The summed E-state index contributed by atoms with van der Waals surface area (Å²) in [5.74, 6) is -0.755. The number of allylic oxidation sites excluding steroid dienone is 4. The van der Waals surface area contributed by atoms with E-state index in [1.54, 1.807) is 6.21 Å². The van der Waals surface area contributed by atoms with Gasteiger partial charge in [0.25, 0.3) is 0 Å². The lowest BCUT2D eigenvalue weighted by molar-refractivity contribution is -0.432. The zero-order valence-electron chi connectivity index (χ0n) is 19.4. The molecule has 2 N–H and O–H groups in total. The van der Waals surface area contributed by atoms with Crippen LogP contribution in [0, 0.1) is 0 Å². The molecule has 0 aliphatic carbocycles. The van der Waals surface area contributed by atoms with Crippen LogP contribution in [0.1, 0.15) is 45.1 Å². The topological polar surface area (TPSA) is 91.6 Å². The molecular weight excluding hydrogens is 452 g/mol. The molecule has 0 aromatic heterocycles. The van der Waals surface area contributed by atoms with E-state index < -0.39 is 5.97 Å². The van der Waals surface area contributed by atoms with Crippen molar-refractivity contribution in [1.29, 1.82) is 0 Å². The third-order valence-electron chi connectivity index (χ3n) is 5.73. The Morgan fingerprint density at radius 2 is 1.91 bits per heavy atom. The number of carbonyl (C=O) groups is 1. The number of nitrogens with zero attached hydrogens (tertiary/aromatic N) is 2. The van der Waals surface area contributed by atoms with Crippen molar-refractivity contribution in [3.05, 3.63) is 78.0 Å². The Bertz CT molecular complexity index is 1050. The largest absolute Gasteiger partial charge is 0.481 e. The number of rotatable bonds is 12. The summed E-state index contributed by atoms with van der Waals surface area (Å²) < 4.78 is 4.61. The maximum atomic E-state index is 10.8. The summed E-state index contributed by atoms with van der Waals surface area (Å²) in [6.45, 7) is 5.13. The van der Waals surface area contributed by atoms with Crippen LogP contribution in [0.15, 0.2) is 82.3 Å². The highest BCUT2D eigenvalue weighted by atomic mass is 32.2. The number of carboxylic acids is 1. The van der Waals surface area contributed by atoms with Gasteiger partial charge in [0.2, 0.25) is 0 Å². The molecule has 0 fully saturated rings. The highest BCUT2D eigenvalue weighted by Crippen LogP contribution is 2.49. The molecule has 2 aromatic rings. The summed E-state index contributed by atoms with van der Waals surface area (Å²) in [7, 11) is 0. The smallest absolute Gasteiger partial charge is 0.303 e. The van der Waals surface area contributed by atoms with Crippen molar-refractivity contribution in [2.24, 2.45) is 4.99 Å². The summed E-state index contributed by atoms with van der Waals surface area (Å²) in [4.78, 5) is 18.4. The molecule has 180 valence electrons. The van der Waals surface area contributed by atoms with E-state index in [4.69, 9.17) is 10.4 Å². The Hall–Kier alpha value is -2.91. The minimum absolute atomic E-state index is 0.196. The lowest BCUT2D eigenvalue weighted by atomic mass is 9.83. The summed E-state index contributed by atoms with van der Waals surface area (Å²) in [6.07, 6.45) is 10.4. The van der Waals surface area contributed by atoms with Gasteiger partial charge >= 0.3 is 5.97 Å². The van der Waals surface area contributed by atoms with Gasteiger partial charge in [-0.15, -0.1) is 4.33 Å². The summed E-state index contributed by atoms with van der Waals surface area (Å²) in [5, 5.41) is 21.1. The average molecular weight is 483 g/mol. The van der Waals surface area contributed by atoms with E-state index in [1.165, 1.54) is 0 Å². The zero-order valence-corrected chi connectivity index (χ0v) is 20.2. The van der Waals surface area contributed by atoms with Gasteiger partial charge in [0.05, 0.1) is 17.7 Å². The maximum Gasteiger partial charge on any atom is 0.303 e. The van der Waals surface area contributed by atoms with E-state index in [-0.39, 0.29) is 11.8 Å². The summed E-state index contributed by atoms with van der Waals surface area (Å²) in [6, 6.07) is 15.8. The van der Waals surface area contributed by atoms with Crippen molar-refractivity contribution in [3.63, 3.8) is 0 Å². The molecule has 1 aliphatic heterocycles. The average Bonchev–Trinajstić information content (AvgIpc) is 3.03.